The fraction of sp³-hybridized carbons (Fsp3) is 0. The van der Waals surface area contributed by atoms with Crippen LogP contribution in [0, 0.1) is 17.1 Å². The predicted molar refractivity (Wildman–Crippen MR) is 75.1 cm³/mol. The summed E-state index contributed by atoms with van der Waals surface area (Å²) in [5, 5.41) is 19.7. The average Bonchev–Trinajstić information content (AvgIpc) is 2.53. The van der Waals surface area contributed by atoms with Crippen LogP contribution in [-0.4, -0.2) is 11.8 Å². The maximum absolute atomic E-state index is 12.8. The molecule has 0 saturated carbocycles. The normalized spacial score (nSPS) is 10.8. The van der Waals surface area contributed by atoms with Gasteiger partial charge in [0.25, 0.3) is 0 Å². The molecule has 2 aromatic rings. The van der Waals surface area contributed by atoms with Crippen molar-refractivity contribution in [2.45, 2.75) is 0 Å². The van der Waals surface area contributed by atoms with Gasteiger partial charge in [-0.2, -0.15) is 5.26 Å². The molecule has 0 spiro atoms. The first-order valence-corrected chi connectivity index (χ1v) is 6.25. The lowest BCUT2D eigenvalue weighted by Crippen LogP contribution is -2.21. The zero-order valence-electron chi connectivity index (χ0n) is 11.2. The van der Waals surface area contributed by atoms with Crippen LogP contribution < -0.4 is 5.11 Å². The largest absolute Gasteiger partial charge is 0.545 e. The Labute approximate surface area is 125 Å². The van der Waals surface area contributed by atoms with Crippen LogP contribution in [0.15, 0.2) is 54.1 Å². The number of ketones is 1. The SMILES string of the molecule is N#C/C(=C\c1ccc(C(=O)[O-])cc1)C(=O)c1ccc(F)cc1. The Morgan fingerprint density at radius 1 is 1.00 bits per heavy atom. The van der Waals surface area contributed by atoms with Gasteiger partial charge in [-0.05, 0) is 41.5 Å². The van der Waals surface area contributed by atoms with Crippen LogP contribution in [0.5, 0.6) is 0 Å². The van der Waals surface area contributed by atoms with E-state index in [2.05, 4.69) is 0 Å². The summed E-state index contributed by atoms with van der Waals surface area (Å²) in [7, 11) is 0. The molecule has 0 saturated heterocycles. The van der Waals surface area contributed by atoms with E-state index in [0.29, 0.717) is 5.56 Å². The molecule has 0 aliphatic heterocycles. The van der Waals surface area contributed by atoms with Gasteiger partial charge in [0.1, 0.15) is 17.5 Å². The van der Waals surface area contributed by atoms with Gasteiger partial charge in [0, 0.05) is 5.56 Å². The van der Waals surface area contributed by atoms with Gasteiger partial charge < -0.3 is 9.90 Å². The number of carboxylic acid groups (broad SMARTS) is 1. The molecule has 0 aromatic heterocycles. The van der Waals surface area contributed by atoms with Crippen LogP contribution in [-0.2, 0) is 0 Å². The molecule has 0 unspecified atom stereocenters. The van der Waals surface area contributed by atoms with Crippen LogP contribution in [0.1, 0.15) is 26.3 Å². The Balaban J connectivity index is 2.31. The van der Waals surface area contributed by atoms with Crippen LogP contribution in [0.2, 0.25) is 0 Å². The van der Waals surface area contributed by atoms with Gasteiger partial charge in [-0.15, -0.1) is 0 Å². The van der Waals surface area contributed by atoms with E-state index in [0.717, 1.165) is 12.1 Å². The lowest BCUT2D eigenvalue weighted by Gasteiger charge is -2.03. The number of allylic oxidation sites excluding steroid dienone is 1. The quantitative estimate of drug-likeness (QED) is 0.490. The molecule has 0 aliphatic rings. The standard InChI is InChI=1S/C17H10FNO3/c18-15-7-5-12(6-8-15)16(20)14(10-19)9-11-1-3-13(4-2-11)17(21)22/h1-9H,(H,21,22)/p-1/b14-9+. The van der Waals surface area contributed by atoms with E-state index in [1.807, 2.05) is 0 Å². The number of nitrogens with zero attached hydrogens (tertiary/aromatic N) is 1. The van der Waals surface area contributed by atoms with E-state index in [1.165, 1.54) is 42.5 Å². The molecule has 0 atom stereocenters. The molecule has 108 valence electrons. The van der Waals surface area contributed by atoms with Gasteiger partial charge in [-0.25, -0.2) is 4.39 Å². The first-order chi connectivity index (χ1) is 10.5. The number of carbonyl (C=O) groups excluding carboxylic acids is 2. The van der Waals surface area contributed by atoms with Crippen molar-refractivity contribution in [3.8, 4) is 6.07 Å². The second kappa shape index (κ2) is 6.46. The summed E-state index contributed by atoms with van der Waals surface area (Å²) in [5.74, 6) is -2.32. The molecule has 0 radical (unpaired) electrons. The number of hydrogen-bond acceptors (Lipinski definition) is 4. The first-order valence-electron chi connectivity index (χ1n) is 6.25. The maximum atomic E-state index is 12.8. The second-order valence-electron chi connectivity index (χ2n) is 4.42. The van der Waals surface area contributed by atoms with E-state index >= 15 is 0 Å². The Bertz CT molecular complexity index is 784. The summed E-state index contributed by atoms with van der Waals surface area (Å²) >= 11 is 0. The maximum Gasteiger partial charge on any atom is 0.203 e. The zero-order valence-corrected chi connectivity index (χ0v) is 11.2. The average molecular weight is 294 g/mol. The van der Waals surface area contributed by atoms with Crippen LogP contribution in [0.4, 0.5) is 4.39 Å². The minimum Gasteiger partial charge on any atom is -0.545 e. The minimum atomic E-state index is -1.31. The van der Waals surface area contributed by atoms with Gasteiger partial charge >= 0.3 is 0 Å². The molecule has 0 fully saturated rings. The minimum absolute atomic E-state index is 0.000480. The molecular weight excluding hydrogens is 285 g/mol. The van der Waals surface area contributed by atoms with E-state index < -0.39 is 17.6 Å². The third-order valence-corrected chi connectivity index (χ3v) is 2.93. The Hall–Kier alpha value is -3.26. The van der Waals surface area contributed by atoms with Crippen molar-refractivity contribution >= 4 is 17.8 Å². The number of benzene rings is 2. The summed E-state index contributed by atoms with van der Waals surface area (Å²) in [6.45, 7) is 0. The van der Waals surface area contributed by atoms with Crippen molar-refractivity contribution in [1.29, 1.82) is 5.26 Å². The predicted octanol–water partition coefficient (Wildman–Crippen LogP) is 1.98. The summed E-state index contributed by atoms with van der Waals surface area (Å²) in [5.41, 5.74) is 0.561. The van der Waals surface area contributed by atoms with Crippen LogP contribution >= 0.6 is 0 Å². The molecule has 0 amide bonds. The van der Waals surface area contributed by atoms with E-state index in [1.54, 1.807) is 6.07 Å². The van der Waals surface area contributed by atoms with Crippen LogP contribution in [0.3, 0.4) is 0 Å². The van der Waals surface area contributed by atoms with E-state index in [-0.39, 0.29) is 16.7 Å². The number of rotatable bonds is 4. The Morgan fingerprint density at radius 3 is 2.05 bits per heavy atom. The van der Waals surface area contributed by atoms with Gasteiger partial charge in [0.15, 0.2) is 0 Å². The topological polar surface area (TPSA) is 81.0 Å². The summed E-state index contributed by atoms with van der Waals surface area (Å²) in [6, 6.07) is 12.2. The molecule has 2 rings (SSSR count). The van der Waals surface area contributed by atoms with Crippen molar-refractivity contribution in [1.82, 2.24) is 0 Å². The highest BCUT2D eigenvalue weighted by molar-refractivity contribution is 6.14. The molecule has 5 heteroatoms. The summed E-state index contributed by atoms with van der Waals surface area (Å²) < 4.78 is 12.8. The lowest BCUT2D eigenvalue weighted by atomic mass is 10.0. The van der Waals surface area contributed by atoms with E-state index in [9.17, 15) is 19.1 Å². The van der Waals surface area contributed by atoms with Gasteiger partial charge in [0.05, 0.1) is 5.97 Å². The lowest BCUT2D eigenvalue weighted by molar-refractivity contribution is -0.255. The fourth-order valence-electron chi connectivity index (χ4n) is 1.79. The number of carboxylic acids is 1. The fourth-order valence-corrected chi connectivity index (χ4v) is 1.79. The monoisotopic (exact) mass is 294 g/mol. The molecule has 0 aliphatic carbocycles. The zero-order chi connectivity index (χ0) is 16.1. The van der Waals surface area contributed by atoms with Crippen LogP contribution in [0.25, 0.3) is 6.08 Å². The van der Waals surface area contributed by atoms with Gasteiger partial charge in [0.2, 0.25) is 5.78 Å². The molecule has 0 bridgehead atoms. The number of nitriles is 1. The number of aromatic carboxylic acids is 1. The van der Waals surface area contributed by atoms with E-state index in [4.69, 9.17) is 5.26 Å². The molecule has 4 nitrogen and oxygen atoms in total. The van der Waals surface area contributed by atoms with Gasteiger partial charge in [-0.1, -0.05) is 24.3 Å². The van der Waals surface area contributed by atoms with Crippen molar-refractivity contribution in [3.05, 3.63) is 76.6 Å². The number of carbonyl (C=O) groups is 2. The Morgan fingerprint density at radius 2 is 1.55 bits per heavy atom. The molecule has 0 N–H and O–H groups in total. The highest BCUT2D eigenvalue weighted by Gasteiger charge is 2.12. The first kappa shape index (κ1) is 15.1. The molecular formula is C17H9FNO3-. The van der Waals surface area contributed by atoms with Gasteiger partial charge in [-0.3, -0.25) is 4.79 Å². The van der Waals surface area contributed by atoms with Crippen molar-refractivity contribution in [3.63, 3.8) is 0 Å². The highest BCUT2D eigenvalue weighted by atomic mass is 19.1. The third kappa shape index (κ3) is 3.44. The van der Waals surface area contributed by atoms with Crippen molar-refractivity contribution in [2.24, 2.45) is 0 Å². The smallest absolute Gasteiger partial charge is 0.203 e. The molecule has 2 aromatic carbocycles. The number of Topliss-reactive ketones (excluding diaryl/α,β-unsaturated/α-hetero) is 1. The van der Waals surface area contributed by atoms with Crippen molar-refractivity contribution in [2.75, 3.05) is 0 Å². The number of hydrogen-bond donors (Lipinski definition) is 0. The second-order valence-corrected chi connectivity index (χ2v) is 4.42. The summed E-state index contributed by atoms with van der Waals surface area (Å²) in [4.78, 5) is 22.8. The Kier molecular flexibility index (Phi) is 4.44. The van der Waals surface area contributed by atoms with Crippen molar-refractivity contribution < 1.29 is 19.1 Å². The number of halogens is 1. The molecule has 22 heavy (non-hydrogen) atoms. The summed E-state index contributed by atoms with van der Waals surface area (Å²) in [6.07, 6.45) is 1.34. The molecule has 0 heterocycles. The third-order valence-electron chi connectivity index (χ3n) is 2.93. The highest BCUT2D eigenvalue weighted by Crippen LogP contribution is 2.14.